The van der Waals surface area contributed by atoms with Gasteiger partial charge in [0.25, 0.3) is 15.4 Å². The fourth-order valence-electron chi connectivity index (χ4n) is 2.34. The Morgan fingerprint density at radius 3 is 0.955 bits per heavy atom. The Balaban J connectivity index is 0.000000360. The van der Waals surface area contributed by atoms with E-state index < -0.39 is 0 Å². The molecule has 0 saturated carbocycles. The van der Waals surface area contributed by atoms with Crippen LogP contribution in [-0.4, -0.2) is 25.6 Å². The Hall–Kier alpha value is -1.14. The van der Waals surface area contributed by atoms with E-state index >= 15 is 0 Å². The number of hydrogen-bond donors (Lipinski definition) is 2. The summed E-state index contributed by atoms with van der Waals surface area (Å²) in [6.07, 6.45) is 0. The van der Waals surface area contributed by atoms with E-state index in [1.165, 1.54) is 11.1 Å². The Bertz CT molecular complexity index is 523. The Morgan fingerprint density at radius 2 is 0.773 bits per heavy atom. The topological polar surface area (TPSA) is 40.5 Å². The summed E-state index contributed by atoms with van der Waals surface area (Å²) >= 11 is 1.89. The van der Waals surface area contributed by atoms with Crippen molar-refractivity contribution in [1.82, 2.24) is 0 Å². The second-order valence-electron chi connectivity index (χ2n) is 5.49. The van der Waals surface area contributed by atoms with Gasteiger partial charge in [-0.1, -0.05) is 35.4 Å². The number of aromatic hydroxyl groups is 2. The lowest BCUT2D eigenvalue weighted by Gasteiger charge is -2.03. The summed E-state index contributed by atoms with van der Waals surface area (Å²) < 4.78 is 0. The maximum atomic E-state index is 9.33. The minimum Gasteiger partial charge on any atom is -0.507 e. The quantitative estimate of drug-likeness (QED) is 0.670. The fourth-order valence-corrected chi connectivity index (χ4v) is 2.34. The summed E-state index contributed by atoms with van der Waals surface area (Å²) in [6.45, 7) is 11.7. The normalized spacial score (nSPS) is 9.23. The zero-order chi connectivity index (χ0) is 17.4. The van der Waals surface area contributed by atoms with Crippen LogP contribution in [0.25, 0.3) is 0 Å². The summed E-state index contributed by atoms with van der Waals surface area (Å²) in [5.41, 5.74) is 6.23. The highest BCUT2D eigenvalue weighted by atomic mass is 35.6. The molecule has 0 saturated heterocycles. The molecule has 0 heterocycles. The Morgan fingerprint density at radius 1 is 0.591 bits per heavy atom. The van der Waals surface area contributed by atoms with E-state index in [0.29, 0.717) is 11.5 Å². The Labute approximate surface area is 146 Å². The van der Waals surface area contributed by atoms with Gasteiger partial charge in [0.05, 0.1) is 0 Å². The van der Waals surface area contributed by atoms with Crippen molar-refractivity contribution in [1.29, 1.82) is 0 Å². The van der Waals surface area contributed by atoms with Gasteiger partial charge in [0.2, 0.25) is 0 Å². The molecule has 2 N–H and O–H groups in total. The van der Waals surface area contributed by atoms with Crippen LogP contribution in [0.5, 0.6) is 11.5 Å². The van der Waals surface area contributed by atoms with Crippen molar-refractivity contribution in [3.05, 3.63) is 57.6 Å². The van der Waals surface area contributed by atoms with Crippen molar-refractivity contribution in [3.8, 4) is 11.5 Å². The van der Waals surface area contributed by atoms with Crippen LogP contribution in [-0.2, 0) is 0 Å². The summed E-state index contributed by atoms with van der Waals surface area (Å²) in [4.78, 5) is 0. The number of phenolic OH excluding ortho intramolecular Hbond substituents is 2. The molecule has 118 valence electrons. The van der Waals surface area contributed by atoms with Crippen LogP contribution in [0, 0.1) is 41.5 Å². The predicted molar refractivity (Wildman–Crippen MR) is 96.2 cm³/mol. The lowest BCUT2D eigenvalue weighted by atomic mass is 10.1. The molecule has 2 rings (SSSR count). The molecule has 4 heteroatoms. The number of rotatable bonds is 0. The van der Waals surface area contributed by atoms with Crippen LogP contribution >= 0.6 is 10.0 Å². The van der Waals surface area contributed by atoms with Gasteiger partial charge in [-0.15, -0.1) is 0 Å². The molecule has 0 aliphatic heterocycles. The van der Waals surface area contributed by atoms with E-state index in [2.05, 4.69) is 10.0 Å². The second-order valence-corrected chi connectivity index (χ2v) is 5.49. The lowest BCUT2D eigenvalue weighted by molar-refractivity contribution is 0.466. The van der Waals surface area contributed by atoms with Crippen molar-refractivity contribution in [3.63, 3.8) is 0 Å². The van der Waals surface area contributed by atoms with Crippen LogP contribution in [0.4, 0.5) is 0 Å². The molecular weight excluding hydrogens is 311 g/mol. The number of hydrogen-bond acceptors (Lipinski definition) is 2. The Kier molecular flexibility index (Phi) is 9.29. The van der Waals surface area contributed by atoms with Gasteiger partial charge in [-0.3, -0.25) is 10.0 Å². The van der Waals surface area contributed by atoms with Crippen LogP contribution in [0.3, 0.4) is 0 Å². The minimum absolute atomic E-state index is 0.422. The summed E-state index contributed by atoms with van der Waals surface area (Å²) in [5, 5.41) is 18.7. The third kappa shape index (κ3) is 6.32. The molecule has 0 aliphatic rings. The third-order valence-electron chi connectivity index (χ3n) is 3.27. The zero-order valence-corrected chi connectivity index (χ0v) is 16.1. The molecule has 2 nitrogen and oxygen atoms in total. The van der Waals surface area contributed by atoms with Gasteiger partial charge >= 0.3 is 0 Å². The average Bonchev–Trinajstić information content (AvgIpc) is 2.45. The standard InChI is InChI=1S/2C9H12O.Al.ClH/c2*1-6-4-7(2)9(10)8(3)5-6;;/h2*4-5,10H,1-3H3;;1H/q;;+1;/p-1. The van der Waals surface area contributed by atoms with E-state index in [0.717, 1.165) is 22.3 Å². The molecule has 22 heavy (non-hydrogen) atoms. The molecule has 0 atom stereocenters. The molecule has 0 fully saturated rings. The van der Waals surface area contributed by atoms with Crippen molar-refractivity contribution in [2.75, 3.05) is 0 Å². The first-order valence-electron chi connectivity index (χ1n) is 6.97. The second kappa shape index (κ2) is 9.79. The lowest BCUT2D eigenvalue weighted by Crippen LogP contribution is -1.81. The first-order chi connectivity index (χ1) is 10.2. The highest BCUT2D eigenvalue weighted by Gasteiger charge is 1.99. The maximum absolute atomic E-state index is 9.33. The molecule has 0 unspecified atom stereocenters. The largest absolute Gasteiger partial charge is 0.507 e. The SMILES string of the molecule is Cc1cc(C)c(O)c(C)c1.Cc1cc(C)c(O)c(C)c1.[Al][Cl]. The van der Waals surface area contributed by atoms with Crippen LogP contribution in [0.15, 0.2) is 24.3 Å². The van der Waals surface area contributed by atoms with Crippen molar-refractivity contribution < 1.29 is 10.2 Å². The van der Waals surface area contributed by atoms with Gasteiger partial charge in [-0.2, -0.15) is 0 Å². The monoisotopic (exact) mass is 334 g/mol. The van der Waals surface area contributed by atoms with Gasteiger partial charge in [-0.25, -0.2) is 0 Å². The van der Waals surface area contributed by atoms with Crippen LogP contribution in [0.2, 0.25) is 0 Å². The van der Waals surface area contributed by atoms with Gasteiger partial charge in [0.1, 0.15) is 11.5 Å². The molecule has 0 bridgehead atoms. The highest BCUT2D eigenvalue weighted by molar-refractivity contribution is 6.80. The first kappa shape index (κ1) is 20.9. The summed E-state index contributed by atoms with van der Waals surface area (Å²) in [6, 6.07) is 7.90. The number of halogens is 1. The van der Waals surface area contributed by atoms with Gasteiger partial charge in [0.15, 0.2) is 0 Å². The zero-order valence-electron chi connectivity index (χ0n) is 14.2. The van der Waals surface area contributed by atoms with E-state index in [4.69, 9.17) is 0 Å². The summed E-state index contributed by atoms with van der Waals surface area (Å²) in [5.74, 6) is 0.844. The number of phenols is 2. The van der Waals surface area contributed by atoms with E-state index in [-0.39, 0.29) is 0 Å². The molecule has 0 aromatic heterocycles. The third-order valence-corrected chi connectivity index (χ3v) is 3.27. The van der Waals surface area contributed by atoms with Crippen LogP contribution in [0.1, 0.15) is 33.4 Å². The van der Waals surface area contributed by atoms with E-state index in [1.807, 2.05) is 81.2 Å². The van der Waals surface area contributed by atoms with Gasteiger partial charge in [-0.05, 0) is 63.8 Å². The molecule has 2 radical (unpaired) electrons. The van der Waals surface area contributed by atoms with E-state index in [1.54, 1.807) is 0 Å². The van der Waals surface area contributed by atoms with Crippen molar-refractivity contribution in [2.24, 2.45) is 0 Å². The predicted octanol–water partition coefficient (Wildman–Crippen LogP) is 4.94. The molecule has 2 aromatic rings. The minimum atomic E-state index is 0.422. The summed E-state index contributed by atoms with van der Waals surface area (Å²) in [7, 11) is 4.56. The van der Waals surface area contributed by atoms with Crippen LogP contribution < -0.4 is 0 Å². The maximum Gasteiger partial charge on any atom is 0.293 e. The smallest absolute Gasteiger partial charge is 0.293 e. The fraction of sp³-hybridized carbons (Fsp3) is 0.333. The molecule has 2 aromatic carbocycles. The van der Waals surface area contributed by atoms with Gasteiger partial charge < -0.3 is 10.2 Å². The molecular formula is C18H24AlClO2. The van der Waals surface area contributed by atoms with Crippen molar-refractivity contribution in [2.45, 2.75) is 41.5 Å². The molecule has 0 aliphatic carbocycles. The highest BCUT2D eigenvalue weighted by Crippen LogP contribution is 2.22. The number of aryl methyl sites for hydroxylation is 6. The van der Waals surface area contributed by atoms with Gasteiger partial charge in [0, 0.05) is 0 Å². The average molecular weight is 335 g/mol. The molecule has 0 spiro atoms. The van der Waals surface area contributed by atoms with Crippen molar-refractivity contribution >= 4 is 25.4 Å². The molecule has 0 amide bonds. The first-order valence-corrected chi connectivity index (χ1v) is 8.72. The number of benzene rings is 2. The van der Waals surface area contributed by atoms with E-state index in [9.17, 15) is 10.2 Å².